The summed E-state index contributed by atoms with van der Waals surface area (Å²) in [5, 5.41) is -1.08. The minimum absolute atomic E-state index is 0.231. The van der Waals surface area contributed by atoms with Crippen molar-refractivity contribution < 1.29 is 22.8 Å². The minimum atomic E-state index is -3.96. The van der Waals surface area contributed by atoms with Gasteiger partial charge in [0.2, 0.25) is 22.2 Å². The molecule has 0 aromatic carbocycles. The number of nitrogens with zero attached hydrogens (tertiary/aromatic N) is 1. The van der Waals surface area contributed by atoms with Crippen molar-refractivity contribution in [1.29, 1.82) is 0 Å². The number of carbonyl (C=O) groups excluding carboxylic acids is 3. The number of Topliss-reactive ketones (excluding diaryl/α,β-unsaturated/α-hetero) is 1. The highest BCUT2D eigenvalue weighted by Crippen LogP contribution is 2.33. The maximum atomic E-state index is 12.9. The first-order chi connectivity index (χ1) is 13.0. The van der Waals surface area contributed by atoms with Gasteiger partial charge in [-0.2, -0.15) is 0 Å². The van der Waals surface area contributed by atoms with Gasteiger partial charge in [-0.25, -0.2) is 8.42 Å². The average molecular weight is 410 g/mol. The maximum Gasteiger partial charge on any atom is 0.294 e. The Labute approximate surface area is 165 Å². The molecule has 9 heteroatoms. The van der Waals surface area contributed by atoms with Crippen LogP contribution in [-0.4, -0.2) is 43.2 Å². The van der Waals surface area contributed by atoms with Gasteiger partial charge in [0, 0.05) is 17.7 Å². The third kappa shape index (κ3) is 4.41. The molecule has 0 saturated carbocycles. The van der Waals surface area contributed by atoms with E-state index in [0.29, 0.717) is 37.1 Å². The molecule has 1 aliphatic heterocycles. The first-order valence-corrected chi connectivity index (χ1v) is 10.8. The van der Waals surface area contributed by atoms with Crippen molar-refractivity contribution in [2.24, 2.45) is 5.41 Å². The van der Waals surface area contributed by atoms with E-state index in [9.17, 15) is 22.8 Å². The Hall–Kier alpha value is -2.26. The summed E-state index contributed by atoms with van der Waals surface area (Å²) in [5.41, 5.74) is 2.98. The predicted octanol–water partition coefficient (Wildman–Crippen LogP) is 1.33. The molecule has 2 amide bonds. The molecule has 0 spiro atoms. The maximum absolute atomic E-state index is 12.9. The second-order valence-electron chi connectivity index (χ2n) is 7.61. The van der Waals surface area contributed by atoms with Crippen molar-refractivity contribution in [2.45, 2.75) is 52.2 Å². The summed E-state index contributed by atoms with van der Waals surface area (Å²) >= 11 is 0. The van der Waals surface area contributed by atoms with Crippen LogP contribution in [0.25, 0.3) is 0 Å². The van der Waals surface area contributed by atoms with Crippen LogP contribution < -0.4 is 10.3 Å². The molecule has 0 aromatic heterocycles. The number of nitrogens with one attached hydrogen (secondary N) is 2. The molecule has 1 atom stereocenters. The molecule has 0 bridgehead atoms. The summed E-state index contributed by atoms with van der Waals surface area (Å²) in [6, 6.07) is 0. The Bertz CT molecular complexity index is 868. The van der Waals surface area contributed by atoms with Gasteiger partial charge in [-0.15, -0.1) is 4.83 Å². The molecule has 0 radical (unpaired) electrons. The monoisotopic (exact) mass is 409 g/mol. The lowest BCUT2D eigenvalue weighted by Gasteiger charge is -2.28. The number of hydrogen-bond donors (Lipinski definition) is 2. The quantitative estimate of drug-likeness (QED) is 0.374. The number of hydrogen-bond acceptors (Lipinski definition) is 5. The van der Waals surface area contributed by atoms with E-state index in [1.54, 1.807) is 26.0 Å². The number of likely N-dealkylation sites (tertiary alicyclic amines) is 1. The molecule has 2 rings (SSSR count). The molecule has 1 fully saturated rings. The zero-order chi connectivity index (χ0) is 21.1. The molecule has 154 valence electrons. The van der Waals surface area contributed by atoms with Crippen LogP contribution in [0.15, 0.2) is 35.1 Å². The van der Waals surface area contributed by atoms with Crippen molar-refractivity contribution in [1.82, 2.24) is 15.2 Å². The van der Waals surface area contributed by atoms with Crippen LogP contribution in [0.3, 0.4) is 0 Å². The van der Waals surface area contributed by atoms with Gasteiger partial charge in [-0.3, -0.25) is 19.8 Å². The van der Waals surface area contributed by atoms with Gasteiger partial charge in [0.1, 0.15) is 5.25 Å². The predicted molar refractivity (Wildman–Crippen MR) is 105 cm³/mol. The SMILES string of the molecule is CCC(C)(C)C(=O)C(=O)N1CCCC1=C1C=C(C)C=CC1S(=O)(=O)NNC=O. The minimum Gasteiger partial charge on any atom is -0.309 e. The first kappa shape index (κ1) is 22.0. The van der Waals surface area contributed by atoms with E-state index in [4.69, 9.17) is 0 Å². The van der Waals surface area contributed by atoms with E-state index in [2.05, 4.69) is 0 Å². The summed E-state index contributed by atoms with van der Waals surface area (Å²) < 4.78 is 25.2. The Morgan fingerprint density at radius 1 is 1.36 bits per heavy atom. The van der Waals surface area contributed by atoms with E-state index in [0.717, 1.165) is 5.57 Å². The molecule has 1 unspecified atom stereocenters. The van der Waals surface area contributed by atoms with E-state index >= 15 is 0 Å². The van der Waals surface area contributed by atoms with Gasteiger partial charge < -0.3 is 4.90 Å². The van der Waals surface area contributed by atoms with Gasteiger partial charge >= 0.3 is 0 Å². The van der Waals surface area contributed by atoms with Gasteiger partial charge in [-0.1, -0.05) is 44.6 Å². The summed E-state index contributed by atoms with van der Waals surface area (Å²) in [6.07, 6.45) is 6.78. The molecule has 2 N–H and O–H groups in total. The Balaban J connectivity index is 2.48. The lowest BCUT2D eigenvalue weighted by molar-refractivity contribution is -0.147. The average Bonchev–Trinajstić information content (AvgIpc) is 3.14. The van der Waals surface area contributed by atoms with Gasteiger partial charge in [0.05, 0.1) is 0 Å². The third-order valence-electron chi connectivity index (χ3n) is 5.21. The molecule has 0 aromatic rings. The smallest absolute Gasteiger partial charge is 0.294 e. The topological polar surface area (TPSA) is 113 Å². The molecule has 1 heterocycles. The van der Waals surface area contributed by atoms with Crippen LogP contribution in [0.4, 0.5) is 0 Å². The van der Waals surface area contributed by atoms with Crippen LogP contribution in [-0.2, 0) is 24.4 Å². The number of sulfonamides is 1. The van der Waals surface area contributed by atoms with Gasteiger partial charge in [-0.05, 0) is 31.8 Å². The van der Waals surface area contributed by atoms with Crippen LogP contribution in [0, 0.1) is 5.41 Å². The first-order valence-electron chi connectivity index (χ1n) is 9.20. The number of ketones is 1. The highest BCUT2D eigenvalue weighted by Gasteiger charge is 2.39. The lowest BCUT2D eigenvalue weighted by Crippen LogP contribution is -2.44. The summed E-state index contributed by atoms with van der Waals surface area (Å²) in [7, 11) is -3.96. The van der Waals surface area contributed by atoms with E-state index in [1.165, 1.54) is 11.0 Å². The van der Waals surface area contributed by atoms with Crippen molar-refractivity contribution >= 4 is 28.1 Å². The summed E-state index contributed by atoms with van der Waals surface area (Å²) in [5.74, 6) is -1.09. The number of hydrazine groups is 1. The van der Waals surface area contributed by atoms with Crippen LogP contribution >= 0.6 is 0 Å². The van der Waals surface area contributed by atoms with Crippen LogP contribution in [0.1, 0.15) is 47.0 Å². The Kier molecular flexibility index (Phi) is 6.61. The second kappa shape index (κ2) is 8.40. The standard InChI is InChI=1S/C19H27N3O5S/c1-5-19(3,4)17(24)18(25)22-10-6-7-15(22)14-11-13(2)8-9-16(14)28(26,27)21-20-12-23/h8-9,11-12,16,21H,5-7,10H2,1-4H3,(H,20,23). The molecule has 2 aliphatic rings. The largest absolute Gasteiger partial charge is 0.309 e. The van der Waals surface area contributed by atoms with E-state index < -0.39 is 32.4 Å². The molecule has 8 nitrogen and oxygen atoms in total. The fraction of sp³-hybridized carbons (Fsp3) is 0.526. The Morgan fingerprint density at radius 2 is 2.04 bits per heavy atom. The van der Waals surface area contributed by atoms with Crippen molar-refractivity contribution in [3.05, 3.63) is 35.1 Å². The zero-order valence-electron chi connectivity index (χ0n) is 16.6. The number of rotatable bonds is 7. The van der Waals surface area contributed by atoms with Crippen molar-refractivity contribution in [3.63, 3.8) is 0 Å². The van der Waals surface area contributed by atoms with Crippen LogP contribution in [0.2, 0.25) is 0 Å². The number of carbonyl (C=O) groups is 3. The second-order valence-corrected chi connectivity index (χ2v) is 9.41. The van der Waals surface area contributed by atoms with Gasteiger partial charge in [0.25, 0.3) is 5.91 Å². The fourth-order valence-corrected chi connectivity index (χ4v) is 4.34. The highest BCUT2D eigenvalue weighted by atomic mass is 32.2. The highest BCUT2D eigenvalue weighted by molar-refractivity contribution is 7.90. The van der Waals surface area contributed by atoms with Gasteiger partial charge in [0.15, 0.2) is 0 Å². The van der Waals surface area contributed by atoms with E-state index in [1.807, 2.05) is 24.1 Å². The zero-order valence-corrected chi connectivity index (χ0v) is 17.4. The number of amides is 2. The Morgan fingerprint density at radius 3 is 2.64 bits per heavy atom. The number of allylic oxidation sites excluding steroid dienone is 4. The fourth-order valence-electron chi connectivity index (χ4n) is 3.18. The van der Waals surface area contributed by atoms with E-state index in [-0.39, 0.29) is 6.41 Å². The molecule has 28 heavy (non-hydrogen) atoms. The molecule has 1 saturated heterocycles. The lowest BCUT2D eigenvalue weighted by atomic mass is 9.84. The summed E-state index contributed by atoms with van der Waals surface area (Å²) in [4.78, 5) is 39.5. The van der Waals surface area contributed by atoms with Crippen molar-refractivity contribution in [2.75, 3.05) is 6.54 Å². The molecular formula is C19H27N3O5S. The van der Waals surface area contributed by atoms with Crippen molar-refractivity contribution in [3.8, 4) is 0 Å². The molecular weight excluding hydrogens is 382 g/mol. The normalized spacial score (nSPS) is 22.8. The summed E-state index contributed by atoms with van der Waals surface area (Å²) in [6.45, 7) is 7.49. The van der Waals surface area contributed by atoms with Crippen LogP contribution in [0.5, 0.6) is 0 Å². The third-order valence-corrected chi connectivity index (χ3v) is 6.69. The molecule has 1 aliphatic carbocycles.